The number of ether oxygens (including phenoxy) is 4. The second-order valence-electron chi connectivity index (χ2n) is 11.3. The predicted molar refractivity (Wildman–Crippen MR) is 176 cm³/mol. The normalized spacial score (nSPS) is 16.3. The van der Waals surface area contributed by atoms with Crippen LogP contribution in [0.15, 0.2) is 60.7 Å². The number of benzene rings is 2. The molecule has 2 aromatic rings. The molecular formula is C37H46N2O7. The Bertz CT molecular complexity index is 1360. The summed E-state index contributed by atoms with van der Waals surface area (Å²) >= 11 is 0. The number of carbonyl (C=O) groups is 3. The van der Waals surface area contributed by atoms with E-state index in [9.17, 15) is 14.4 Å². The minimum absolute atomic E-state index is 0.0353. The second-order valence-corrected chi connectivity index (χ2v) is 11.3. The summed E-state index contributed by atoms with van der Waals surface area (Å²) in [5.41, 5.74) is 3.47. The number of allylic oxidation sites excluding steroid dienone is 2. The molecule has 2 amide bonds. The number of nitrogens with zero attached hydrogens (tertiary/aromatic N) is 1. The molecule has 2 aromatic carbocycles. The van der Waals surface area contributed by atoms with E-state index in [1.54, 1.807) is 4.90 Å². The summed E-state index contributed by atoms with van der Waals surface area (Å²) in [5.74, 6) is 6.01. The van der Waals surface area contributed by atoms with E-state index in [0.717, 1.165) is 54.5 Å². The van der Waals surface area contributed by atoms with Gasteiger partial charge in [0.25, 0.3) is 0 Å². The number of anilines is 1. The van der Waals surface area contributed by atoms with Crippen molar-refractivity contribution in [2.24, 2.45) is 0 Å². The Morgan fingerprint density at radius 3 is 2.30 bits per heavy atom. The van der Waals surface area contributed by atoms with E-state index in [1.165, 1.54) is 0 Å². The van der Waals surface area contributed by atoms with Crippen LogP contribution in [0.4, 0.5) is 5.69 Å². The SMILES string of the molecule is O=C(CCOCCOCCOCCCC(=O)OC1CC/C=C/CCC1)NCCC(=O)N1Cc2ccccc2C#Cc2ccccc21. The molecule has 9 heteroatoms. The van der Waals surface area contributed by atoms with E-state index in [2.05, 4.69) is 29.3 Å². The first-order chi connectivity index (χ1) is 22.6. The van der Waals surface area contributed by atoms with Gasteiger partial charge in [-0.05, 0) is 62.3 Å². The number of hydrogen-bond acceptors (Lipinski definition) is 7. The van der Waals surface area contributed by atoms with Crippen LogP contribution >= 0.6 is 0 Å². The fourth-order valence-electron chi connectivity index (χ4n) is 5.25. The molecule has 0 saturated carbocycles. The number of hydrogen-bond donors (Lipinski definition) is 1. The van der Waals surface area contributed by atoms with Crippen molar-refractivity contribution in [1.29, 1.82) is 0 Å². The van der Waals surface area contributed by atoms with Crippen LogP contribution in [0.5, 0.6) is 0 Å². The predicted octanol–water partition coefficient (Wildman–Crippen LogP) is 5.09. The van der Waals surface area contributed by atoms with Crippen molar-refractivity contribution in [3.05, 3.63) is 77.4 Å². The van der Waals surface area contributed by atoms with E-state index < -0.39 is 0 Å². The highest BCUT2D eigenvalue weighted by Crippen LogP contribution is 2.26. The number of amides is 2. The van der Waals surface area contributed by atoms with Crippen molar-refractivity contribution in [3.8, 4) is 11.8 Å². The van der Waals surface area contributed by atoms with Crippen LogP contribution in [0.2, 0.25) is 0 Å². The van der Waals surface area contributed by atoms with Crippen molar-refractivity contribution in [2.75, 3.05) is 51.1 Å². The highest BCUT2D eigenvalue weighted by Gasteiger charge is 2.21. The first-order valence-electron chi connectivity index (χ1n) is 16.4. The first kappa shape index (κ1) is 34.9. The lowest BCUT2D eigenvalue weighted by atomic mass is 10.0. The third-order valence-corrected chi connectivity index (χ3v) is 7.74. The monoisotopic (exact) mass is 630 g/mol. The number of carbonyl (C=O) groups excluding carboxylic acids is 3. The largest absolute Gasteiger partial charge is 0.462 e. The fraction of sp³-hybridized carbons (Fsp3) is 0.486. The topological polar surface area (TPSA) is 103 Å². The van der Waals surface area contributed by atoms with Crippen LogP contribution in [-0.2, 0) is 39.9 Å². The van der Waals surface area contributed by atoms with Crippen molar-refractivity contribution in [2.45, 2.75) is 70.4 Å². The molecule has 0 fully saturated rings. The molecule has 1 atom stereocenters. The lowest BCUT2D eigenvalue weighted by Crippen LogP contribution is -2.35. The molecule has 1 N–H and O–H groups in total. The summed E-state index contributed by atoms with van der Waals surface area (Å²) in [7, 11) is 0. The molecule has 0 spiro atoms. The van der Waals surface area contributed by atoms with Crippen molar-refractivity contribution in [3.63, 3.8) is 0 Å². The number of nitrogens with one attached hydrogen (secondary N) is 1. The summed E-state index contributed by atoms with van der Waals surface area (Å²) < 4.78 is 22.1. The zero-order valence-corrected chi connectivity index (χ0v) is 26.7. The molecule has 246 valence electrons. The van der Waals surface area contributed by atoms with Gasteiger partial charge < -0.3 is 29.2 Å². The van der Waals surface area contributed by atoms with E-state index in [-0.39, 0.29) is 49.9 Å². The fourth-order valence-corrected chi connectivity index (χ4v) is 5.25. The van der Waals surface area contributed by atoms with Crippen LogP contribution in [0.3, 0.4) is 0 Å². The number of fused-ring (bicyclic) bond motifs is 2. The van der Waals surface area contributed by atoms with Crippen LogP contribution in [0.25, 0.3) is 0 Å². The molecule has 4 rings (SSSR count). The van der Waals surface area contributed by atoms with E-state index in [1.807, 2.05) is 48.5 Å². The van der Waals surface area contributed by atoms with Crippen LogP contribution in [0, 0.1) is 11.8 Å². The van der Waals surface area contributed by atoms with Gasteiger partial charge in [-0.3, -0.25) is 14.4 Å². The molecular weight excluding hydrogens is 584 g/mol. The molecule has 1 aliphatic heterocycles. The van der Waals surface area contributed by atoms with Gasteiger partial charge in [0.15, 0.2) is 0 Å². The van der Waals surface area contributed by atoms with Crippen LogP contribution in [-0.4, -0.2) is 70.1 Å². The summed E-state index contributed by atoms with van der Waals surface area (Å²) in [4.78, 5) is 39.3. The van der Waals surface area contributed by atoms with E-state index in [0.29, 0.717) is 52.4 Å². The third kappa shape index (κ3) is 12.4. The molecule has 46 heavy (non-hydrogen) atoms. The Labute approximate surface area is 272 Å². The van der Waals surface area contributed by atoms with Crippen molar-refractivity contribution < 1.29 is 33.3 Å². The van der Waals surface area contributed by atoms with E-state index in [4.69, 9.17) is 18.9 Å². The maximum Gasteiger partial charge on any atom is 0.306 e. The van der Waals surface area contributed by atoms with Crippen molar-refractivity contribution in [1.82, 2.24) is 5.32 Å². The maximum atomic E-state index is 13.2. The summed E-state index contributed by atoms with van der Waals surface area (Å²) in [6, 6.07) is 15.5. The average molecular weight is 631 g/mol. The Morgan fingerprint density at radius 2 is 1.46 bits per heavy atom. The Balaban J connectivity index is 0.991. The van der Waals surface area contributed by atoms with Gasteiger partial charge in [-0.2, -0.15) is 0 Å². The van der Waals surface area contributed by atoms with Crippen LogP contribution < -0.4 is 10.2 Å². The molecule has 1 unspecified atom stereocenters. The molecule has 0 saturated heterocycles. The summed E-state index contributed by atoms with van der Waals surface area (Å²) in [5, 5.41) is 2.82. The Kier molecular flexibility index (Phi) is 15.3. The quantitative estimate of drug-likeness (QED) is 0.112. The molecule has 1 heterocycles. The zero-order valence-electron chi connectivity index (χ0n) is 26.7. The minimum atomic E-state index is -0.169. The van der Waals surface area contributed by atoms with Gasteiger partial charge in [0, 0.05) is 43.5 Å². The number of esters is 1. The number of para-hydroxylation sites is 1. The van der Waals surface area contributed by atoms with Gasteiger partial charge in [-0.25, -0.2) is 0 Å². The standard InChI is InChI=1S/C37H46N2O7/c40-35(21-24-44-26-28-45-27-25-43-23-10-17-37(42)46-33-14-4-2-1-3-5-15-33)38-22-20-36(41)39-29-32-13-7-6-11-30(32)18-19-31-12-8-9-16-34(31)39/h1-2,6-9,11-13,16,33H,3-5,10,14-15,17,20-29H2,(H,38,40)/b2-1+. The summed E-state index contributed by atoms with van der Waals surface area (Å²) in [6.45, 7) is 3.05. The lowest BCUT2D eigenvalue weighted by Gasteiger charge is -2.26. The zero-order chi connectivity index (χ0) is 32.2. The molecule has 9 nitrogen and oxygen atoms in total. The molecule has 0 bridgehead atoms. The average Bonchev–Trinajstić information content (AvgIpc) is 3.04. The van der Waals surface area contributed by atoms with Crippen molar-refractivity contribution >= 4 is 23.5 Å². The lowest BCUT2D eigenvalue weighted by molar-refractivity contribution is -0.150. The maximum absolute atomic E-state index is 13.2. The smallest absolute Gasteiger partial charge is 0.306 e. The Morgan fingerprint density at radius 1 is 0.761 bits per heavy atom. The second kappa shape index (κ2) is 20.2. The minimum Gasteiger partial charge on any atom is -0.462 e. The van der Waals surface area contributed by atoms with Gasteiger partial charge in [-0.1, -0.05) is 54.3 Å². The van der Waals surface area contributed by atoms with Gasteiger partial charge in [-0.15, -0.1) is 0 Å². The summed E-state index contributed by atoms with van der Waals surface area (Å²) in [6.07, 6.45) is 10.7. The van der Waals surface area contributed by atoms with Gasteiger partial charge in [0.05, 0.1) is 45.3 Å². The number of rotatable bonds is 17. The highest BCUT2D eigenvalue weighted by molar-refractivity contribution is 5.95. The molecule has 0 radical (unpaired) electrons. The van der Waals surface area contributed by atoms with Gasteiger partial charge in [0.2, 0.25) is 11.8 Å². The highest BCUT2D eigenvalue weighted by atomic mass is 16.5. The van der Waals surface area contributed by atoms with Gasteiger partial charge in [0.1, 0.15) is 6.10 Å². The Hall–Kier alpha value is -3.97. The molecule has 0 aromatic heterocycles. The molecule has 2 aliphatic rings. The third-order valence-electron chi connectivity index (χ3n) is 7.74. The van der Waals surface area contributed by atoms with E-state index >= 15 is 0 Å². The first-order valence-corrected chi connectivity index (χ1v) is 16.4. The molecule has 1 aliphatic carbocycles. The van der Waals surface area contributed by atoms with Gasteiger partial charge >= 0.3 is 5.97 Å². The van der Waals surface area contributed by atoms with Crippen LogP contribution in [0.1, 0.15) is 74.5 Å².